The summed E-state index contributed by atoms with van der Waals surface area (Å²) in [4.78, 5) is 33.1. The van der Waals surface area contributed by atoms with Crippen LogP contribution in [0, 0.1) is 6.92 Å². The Hall–Kier alpha value is -2.32. The summed E-state index contributed by atoms with van der Waals surface area (Å²) in [6.45, 7) is 1.90. The van der Waals surface area contributed by atoms with Crippen molar-refractivity contribution in [2.24, 2.45) is 0 Å². The summed E-state index contributed by atoms with van der Waals surface area (Å²) >= 11 is 15.0. The molecule has 1 amide bonds. The second-order valence-corrected chi connectivity index (χ2v) is 10.7. The molecule has 33 heavy (non-hydrogen) atoms. The van der Waals surface area contributed by atoms with Gasteiger partial charge in [-0.2, -0.15) is 0 Å². The first-order valence-electron chi connectivity index (χ1n) is 10.4. The maximum absolute atomic E-state index is 13.6. The third-order valence-corrected chi connectivity index (χ3v) is 8.36. The number of aromatic nitrogens is 2. The Morgan fingerprint density at radius 1 is 1.18 bits per heavy atom. The van der Waals surface area contributed by atoms with Gasteiger partial charge >= 0.3 is 0 Å². The number of amides is 1. The van der Waals surface area contributed by atoms with E-state index in [2.05, 4.69) is 5.32 Å². The Labute approximate surface area is 208 Å². The van der Waals surface area contributed by atoms with Gasteiger partial charge in [-0.25, -0.2) is 4.98 Å². The van der Waals surface area contributed by atoms with Gasteiger partial charge in [0.25, 0.3) is 5.56 Å². The zero-order chi connectivity index (χ0) is 23.1. The number of nitrogens with zero attached hydrogens (tertiary/aromatic N) is 2. The van der Waals surface area contributed by atoms with E-state index < -0.39 is 0 Å². The molecule has 1 aliphatic carbocycles. The number of fused-ring (bicyclic) bond motifs is 3. The molecule has 1 aliphatic rings. The van der Waals surface area contributed by atoms with Crippen molar-refractivity contribution in [3.8, 4) is 5.69 Å². The summed E-state index contributed by atoms with van der Waals surface area (Å²) in [5.74, 6) is -0.104. The molecule has 1 N–H and O–H groups in total. The predicted octanol–water partition coefficient (Wildman–Crippen LogP) is 6.28. The highest BCUT2D eigenvalue weighted by atomic mass is 35.5. The molecule has 0 radical (unpaired) electrons. The highest BCUT2D eigenvalue weighted by Gasteiger charge is 2.24. The summed E-state index contributed by atoms with van der Waals surface area (Å²) < 4.78 is 1.59. The third-order valence-electron chi connectivity index (χ3n) is 5.58. The molecule has 2 aromatic heterocycles. The summed E-state index contributed by atoms with van der Waals surface area (Å²) in [7, 11) is 0. The number of benzene rings is 2. The van der Waals surface area contributed by atoms with Crippen LogP contribution in [0.15, 0.2) is 52.4 Å². The molecule has 9 heteroatoms. The van der Waals surface area contributed by atoms with Crippen molar-refractivity contribution in [1.29, 1.82) is 0 Å². The number of thiophene rings is 1. The lowest BCUT2D eigenvalue weighted by Crippen LogP contribution is -2.23. The number of thioether (sulfide) groups is 1. The topological polar surface area (TPSA) is 64.0 Å². The van der Waals surface area contributed by atoms with Crippen LogP contribution in [0.25, 0.3) is 15.9 Å². The lowest BCUT2D eigenvalue weighted by Gasteiger charge is -2.13. The molecule has 0 aliphatic heterocycles. The summed E-state index contributed by atoms with van der Waals surface area (Å²) in [6.07, 6.45) is 2.96. The Balaban J connectivity index is 1.49. The lowest BCUT2D eigenvalue weighted by atomic mass is 10.2. The van der Waals surface area contributed by atoms with Gasteiger partial charge in [0, 0.05) is 20.6 Å². The van der Waals surface area contributed by atoms with Crippen molar-refractivity contribution < 1.29 is 4.79 Å². The molecule has 0 saturated carbocycles. The van der Waals surface area contributed by atoms with Crippen LogP contribution in [-0.2, 0) is 17.6 Å². The number of aryl methyl sites for hydroxylation is 3. The number of carbonyl (C=O) groups is 1. The fourth-order valence-corrected chi connectivity index (χ4v) is 6.36. The molecule has 0 saturated heterocycles. The lowest BCUT2D eigenvalue weighted by molar-refractivity contribution is -0.113. The molecule has 0 fully saturated rings. The van der Waals surface area contributed by atoms with E-state index in [1.807, 2.05) is 19.1 Å². The number of halogens is 2. The van der Waals surface area contributed by atoms with Gasteiger partial charge in [-0.3, -0.25) is 14.2 Å². The number of anilines is 1. The van der Waals surface area contributed by atoms with E-state index >= 15 is 0 Å². The normalized spacial score (nSPS) is 12.8. The molecule has 4 aromatic rings. The van der Waals surface area contributed by atoms with Crippen LogP contribution in [0.4, 0.5) is 5.69 Å². The van der Waals surface area contributed by atoms with Gasteiger partial charge in [-0.15, -0.1) is 11.3 Å². The SMILES string of the molecule is Cc1ccc(NC(=O)CSc2nc3sc4c(c3c(=O)n2-c2ccc(Cl)cc2)CCC4)cc1Cl. The fourth-order valence-electron chi connectivity index (χ4n) is 3.94. The molecule has 0 atom stereocenters. The Morgan fingerprint density at radius 2 is 1.97 bits per heavy atom. The monoisotopic (exact) mass is 515 g/mol. The van der Waals surface area contributed by atoms with Gasteiger partial charge in [-0.1, -0.05) is 41.0 Å². The van der Waals surface area contributed by atoms with Gasteiger partial charge in [0.05, 0.1) is 16.8 Å². The standard InChI is InChI=1S/C24H19Cl2N3O2S2/c1-13-5-8-15(11-18(13)26)27-20(30)12-32-24-28-22-21(17-3-2-4-19(17)33-22)23(31)29(24)16-9-6-14(25)7-10-16/h5-11H,2-4,12H2,1H3,(H,27,30). The average molecular weight is 516 g/mol. The van der Waals surface area contributed by atoms with E-state index in [0.29, 0.717) is 32.0 Å². The molecular weight excluding hydrogens is 497 g/mol. The predicted molar refractivity (Wildman–Crippen MR) is 138 cm³/mol. The van der Waals surface area contributed by atoms with E-state index in [0.717, 1.165) is 35.2 Å². The number of carbonyl (C=O) groups excluding carboxylic acids is 1. The maximum Gasteiger partial charge on any atom is 0.267 e. The number of nitrogens with one attached hydrogen (secondary N) is 1. The van der Waals surface area contributed by atoms with E-state index in [4.69, 9.17) is 28.2 Å². The van der Waals surface area contributed by atoms with Crippen molar-refractivity contribution in [3.63, 3.8) is 0 Å². The van der Waals surface area contributed by atoms with Crippen LogP contribution in [-0.4, -0.2) is 21.2 Å². The minimum absolute atomic E-state index is 0.0993. The zero-order valence-electron chi connectivity index (χ0n) is 17.7. The van der Waals surface area contributed by atoms with Crippen LogP contribution >= 0.6 is 46.3 Å². The van der Waals surface area contributed by atoms with Crippen LogP contribution in [0.3, 0.4) is 0 Å². The van der Waals surface area contributed by atoms with Crippen LogP contribution < -0.4 is 10.9 Å². The number of rotatable bonds is 5. The largest absolute Gasteiger partial charge is 0.325 e. The highest BCUT2D eigenvalue weighted by molar-refractivity contribution is 7.99. The summed E-state index contributed by atoms with van der Waals surface area (Å²) in [5.41, 5.74) is 3.27. The molecule has 0 spiro atoms. The van der Waals surface area contributed by atoms with E-state index in [9.17, 15) is 9.59 Å². The molecule has 2 heterocycles. The first-order chi connectivity index (χ1) is 15.9. The van der Waals surface area contributed by atoms with Crippen molar-refractivity contribution in [1.82, 2.24) is 9.55 Å². The van der Waals surface area contributed by atoms with Crippen LogP contribution in [0.2, 0.25) is 10.0 Å². The number of hydrogen-bond donors (Lipinski definition) is 1. The third kappa shape index (κ3) is 4.43. The van der Waals surface area contributed by atoms with Crippen LogP contribution in [0.5, 0.6) is 0 Å². The quantitative estimate of drug-likeness (QED) is 0.251. The van der Waals surface area contributed by atoms with Gasteiger partial charge in [-0.05, 0) is 73.7 Å². The van der Waals surface area contributed by atoms with Crippen molar-refractivity contribution in [3.05, 3.63) is 78.9 Å². The van der Waals surface area contributed by atoms with E-state index in [1.54, 1.807) is 46.2 Å². The first-order valence-corrected chi connectivity index (χ1v) is 13.0. The maximum atomic E-state index is 13.6. The minimum atomic E-state index is -0.203. The average Bonchev–Trinajstić information content (AvgIpc) is 3.37. The van der Waals surface area contributed by atoms with Crippen molar-refractivity contribution in [2.45, 2.75) is 31.3 Å². The number of hydrogen-bond acceptors (Lipinski definition) is 5. The second kappa shape index (κ2) is 9.14. The highest BCUT2D eigenvalue weighted by Crippen LogP contribution is 2.36. The molecule has 0 bridgehead atoms. The zero-order valence-corrected chi connectivity index (χ0v) is 20.8. The molecule has 5 rings (SSSR count). The van der Waals surface area contributed by atoms with Gasteiger partial charge in [0.1, 0.15) is 4.83 Å². The van der Waals surface area contributed by atoms with Crippen molar-refractivity contribution >= 4 is 68.1 Å². The van der Waals surface area contributed by atoms with Crippen LogP contribution in [0.1, 0.15) is 22.4 Å². The van der Waals surface area contributed by atoms with Gasteiger partial charge < -0.3 is 5.32 Å². The second-order valence-electron chi connectivity index (χ2n) is 7.85. The van der Waals surface area contributed by atoms with E-state index in [1.165, 1.54) is 16.6 Å². The first kappa shape index (κ1) is 22.5. The Bertz CT molecular complexity index is 1450. The fraction of sp³-hybridized carbons (Fsp3) is 0.208. The molecular formula is C24H19Cl2N3O2S2. The molecule has 2 aromatic carbocycles. The summed E-state index contributed by atoms with van der Waals surface area (Å²) in [5, 5.41) is 5.21. The Kier molecular flexibility index (Phi) is 6.22. The van der Waals surface area contributed by atoms with Gasteiger partial charge in [0.15, 0.2) is 5.16 Å². The molecule has 0 unspecified atom stereocenters. The van der Waals surface area contributed by atoms with E-state index in [-0.39, 0.29) is 17.2 Å². The minimum Gasteiger partial charge on any atom is -0.325 e. The van der Waals surface area contributed by atoms with Crippen molar-refractivity contribution in [2.75, 3.05) is 11.1 Å². The van der Waals surface area contributed by atoms with Gasteiger partial charge in [0.2, 0.25) is 5.91 Å². The molecule has 168 valence electrons. The summed E-state index contributed by atoms with van der Waals surface area (Å²) in [6, 6.07) is 12.5. The molecule has 5 nitrogen and oxygen atoms in total. The smallest absolute Gasteiger partial charge is 0.267 e. The Morgan fingerprint density at radius 3 is 2.73 bits per heavy atom.